The molecule has 0 radical (unpaired) electrons. The summed E-state index contributed by atoms with van der Waals surface area (Å²) >= 11 is 6.79. The molecule has 20 heavy (non-hydrogen) atoms. The summed E-state index contributed by atoms with van der Waals surface area (Å²) in [5.41, 5.74) is 7.32. The van der Waals surface area contributed by atoms with E-state index in [4.69, 9.17) is 10.5 Å². The first-order valence-electron chi connectivity index (χ1n) is 5.71. The molecule has 0 aliphatic carbocycles. The smallest absolute Gasteiger partial charge is 0.255 e. The van der Waals surface area contributed by atoms with Crippen LogP contribution in [0.3, 0.4) is 0 Å². The highest BCUT2D eigenvalue weighted by Crippen LogP contribution is 2.31. The molecule has 2 aromatic carbocycles. The van der Waals surface area contributed by atoms with Gasteiger partial charge in [-0.05, 0) is 56.1 Å². The summed E-state index contributed by atoms with van der Waals surface area (Å²) < 4.78 is 6.68. The van der Waals surface area contributed by atoms with Crippen molar-refractivity contribution in [1.29, 1.82) is 0 Å². The molecule has 0 aliphatic rings. The quantitative estimate of drug-likeness (QED) is 0.765. The van der Waals surface area contributed by atoms with Gasteiger partial charge in [0.1, 0.15) is 5.75 Å². The van der Waals surface area contributed by atoms with Crippen LogP contribution in [0, 0.1) is 0 Å². The van der Waals surface area contributed by atoms with Gasteiger partial charge >= 0.3 is 0 Å². The summed E-state index contributed by atoms with van der Waals surface area (Å²) in [6.45, 7) is 0. The molecule has 0 fully saturated rings. The van der Waals surface area contributed by atoms with Crippen LogP contribution in [0.2, 0.25) is 0 Å². The lowest BCUT2D eigenvalue weighted by atomic mass is 10.1. The van der Waals surface area contributed by atoms with Crippen molar-refractivity contribution in [3.63, 3.8) is 0 Å². The molecule has 4 nitrogen and oxygen atoms in total. The van der Waals surface area contributed by atoms with Crippen molar-refractivity contribution < 1.29 is 9.53 Å². The number of anilines is 2. The van der Waals surface area contributed by atoms with E-state index in [0.29, 0.717) is 22.7 Å². The van der Waals surface area contributed by atoms with Crippen LogP contribution >= 0.6 is 31.9 Å². The lowest BCUT2D eigenvalue weighted by molar-refractivity contribution is 0.102. The minimum Gasteiger partial charge on any atom is -0.497 e. The van der Waals surface area contributed by atoms with E-state index in [-0.39, 0.29) is 5.91 Å². The Hall–Kier alpha value is -1.53. The Morgan fingerprint density at radius 1 is 1.20 bits per heavy atom. The number of carbonyl (C=O) groups is 1. The largest absolute Gasteiger partial charge is 0.497 e. The van der Waals surface area contributed by atoms with Crippen molar-refractivity contribution in [3.8, 4) is 5.75 Å². The van der Waals surface area contributed by atoms with E-state index >= 15 is 0 Å². The molecular formula is C14H12Br2N2O2. The molecule has 0 aromatic heterocycles. The molecule has 0 atom stereocenters. The number of amides is 1. The van der Waals surface area contributed by atoms with Crippen molar-refractivity contribution in [2.24, 2.45) is 0 Å². The van der Waals surface area contributed by atoms with Gasteiger partial charge in [-0.2, -0.15) is 0 Å². The van der Waals surface area contributed by atoms with E-state index in [1.54, 1.807) is 18.2 Å². The molecule has 0 spiro atoms. The fourth-order valence-electron chi connectivity index (χ4n) is 1.67. The van der Waals surface area contributed by atoms with Gasteiger partial charge in [-0.1, -0.05) is 6.07 Å². The van der Waals surface area contributed by atoms with E-state index in [9.17, 15) is 4.79 Å². The van der Waals surface area contributed by atoms with E-state index in [0.717, 1.165) is 8.95 Å². The Labute approximate surface area is 133 Å². The molecule has 6 heteroatoms. The van der Waals surface area contributed by atoms with Gasteiger partial charge in [0.25, 0.3) is 5.91 Å². The Balaban J connectivity index is 2.31. The van der Waals surface area contributed by atoms with Gasteiger partial charge in [0, 0.05) is 26.3 Å². The molecule has 0 saturated heterocycles. The minimum atomic E-state index is -0.261. The fourth-order valence-corrected chi connectivity index (χ4v) is 2.87. The van der Waals surface area contributed by atoms with Gasteiger partial charge < -0.3 is 15.8 Å². The standard InChI is InChI=1S/C14H12Br2N2O2/c1-20-10-6-8(5-9(17)7-10)14(19)18-13-11(15)3-2-4-12(13)16/h2-7H,17H2,1H3,(H,18,19). The van der Waals surface area contributed by atoms with E-state index in [1.807, 2.05) is 18.2 Å². The molecule has 2 rings (SSSR count). The second kappa shape index (κ2) is 6.28. The number of hydrogen-bond donors (Lipinski definition) is 2. The van der Waals surface area contributed by atoms with Crippen LogP contribution in [0.5, 0.6) is 5.75 Å². The number of hydrogen-bond acceptors (Lipinski definition) is 3. The Bertz CT molecular complexity index is 639. The zero-order valence-electron chi connectivity index (χ0n) is 10.6. The number of methoxy groups -OCH3 is 1. The van der Waals surface area contributed by atoms with Crippen LogP contribution in [0.4, 0.5) is 11.4 Å². The maximum atomic E-state index is 12.3. The lowest BCUT2D eigenvalue weighted by Gasteiger charge is -2.11. The van der Waals surface area contributed by atoms with Crippen LogP contribution in [-0.2, 0) is 0 Å². The number of benzene rings is 2. The molecule has 3 N–H and O–H groups in total. The van der Waals surface area contributed by atoms with Crippen LogP contribution < -0.4 is 15.8 Å². The average Bonchev–Trinajstić information content (AvgIpc) is 2.42. The molecule has 0 heterocycles. The molecule has 0 unspecified atom stereocenters. The number of ether oxygens (including phenoxy) is 1. The van der Waals surface area contributed by atoms with Crippen LogP contribution in [0.1, 0.15) is 10.4 Å². The summed E-state index contributed by atoms with van der Waals surface area (Å²) in [5, 5.41) is 2.83. The molecule has 0 saturated carbocycles. The van der Waals surface area contributed by atoms with E-state index in [2.05, 4.69) is 37.2 Å². The number of nitrogen functional groups attached to an aromatic ring is 1. The molecule has 0 aliphatic heterocycles. The topological polar surface area (TPSA) is 64.3 Å². The Kier molecular flexibility index (Phi) is 4.67. The highest BCUT2D eigenvalue weighted by Gasteiger charge is 2.12. The van der Waals surface area contributed by atoms with E-state index in [1.165, 1.54) is 7.11 Å². The summed E-state index contributed by atoms with van der Waals surface area (Å²) in [5.74, 6) is 0.282. The van der Waals surface area contributed by atoms with Gasteiger partial charge in [0.2, 0.25) is 0 Å². The van der Waals surface area contributed by atoms with Crippen molar-refractivity contribution in [3.05, 3.63) is 50.9 Å². The van der Waals surface area contributed by atoms with Crippen molar-refractivity contribution in [1.82, 2.24) is 0 Å². The number of nitrogens with one attached hydrogen (secondary N) is 1. The normalized spacial score (nSPS) is 10.2. The third kappa shape index (κ3) is 3.32. The van der Waals surface area contributed by atoms with Gasteiger partial charge in [-0.3, -0.25) is 4.79 Å². The molecular weight excluding hydrogens is 388 g/mol. The fraction of sp³-hybridized carbons (Fsp3) is 0.0714. The van der Waals surface area contributed by atoms with Crippen molar-refractivity contribution >= 4 is 49.1 Å². The maximum absolute atomic E-state index is 12.3. The zero-order valence-corrected chi connectivity index (χ0v) is 13.8. The number of carbonyl (C=O) groups excluding carboxylic acids is 1. The Morgan fingerprint density at radius 2 is 1.85 bits per heavy atom. The molecule has 2 aromatic rings. The van der Waals surface area contributed by atoms with Gasteiger partial charge in [0.15, 0.2) is 0 Å². The second-order valence-electron chi connectivity index (χ2n) is 4.05. The third-order valence-corrected chi connectivity index (χ3v) is 3.95. The second-order valence-corrected chi connectivity index (χ2v) is 5.75. The summed E-state index contributed by atoms with van der Waals surface area (Å²) in [7, 11) is 1.53. The lowest BCUT2D eigenvalue weighted by Crippen LogP contribution is -2.13. The summed E-state index contributed by atoms with van der Waals surface area (Å²) in [6, 6.07) is 10.5. The van der Waals surface area contributed by atoms with Crippen LogP contribution in [0.15, 0.2) is 45.3 Å². The number of halogens is 2. The number of para-hydroxylation sites is 1. The predicted octanol–water partition coefficient (Wildman–Crippen LogP) is 4.05. The number of rotatable bonds is 3. The molecule has 104 valence electrons. The highest BCUT2D eigenvalue weighted by atomic mass is 79.9. The Morgan fingerprint density at radius 3 is 2.45 bits per heavy atom. The monoisotopic (exact) mass is 398 g/mol. The SMILES string of the molecule is COc1cc(N)cc(C(=O)Nc2c(Br)cccc2Br)c1. The first kappa shape index (κ1) is 14.9. The summed E-state index contributed by atoms with van der Waals surface area (Å²) in [4.78, 5) is 12.3. The number of nitrogens with two attached hydrogens (primary N) is 1. The predicted molar refractivity (Wildman–Crippen MR) is 87.2 cm³/mol. The van der Waals surface area contributed by atoms with Crippen molar-refractivity contribution in [2.45, 2.75) is 0 Å². The first-order chi connectivity index (χ1) is 9.51. The van der Waals surface area contributed by atoms with Gasteiger partial charge in [0.05, 0.1) is 12.8 Å². The maximum Gasteiger partial charge on any atom is 0.255 e. The average molecular weight is 400 g/mol. The zero-order chi connectivity index (χ0) is 14.7. The first-order valence-corrected chi connectivity index (χ1v) is 7.30. The van der Waals surface area contributed by atoms with E-state index < -0.39 is 0 Å². The summed E-state index contributed by atoms with van der Waals surface area (Å²) in [6.07, 6.45) is 0. The highest BCUT2D eigenvalue weighted by molar-refractivity contribution is 9.11. The molecule has 0 bridgehead atoms. The van der Waals surface area contributed by atoms with Gasteiger partial charge in [-0.25, -0.2) is 0 Å². The minimum absolute atomic E-state index is 0.261. The van der Waals surface area contributed by atoms with Crippen LogP contribution in [-0.4, -0.2) is 13.0 Å². The van der Waals surface area contributed by atoms with Crippen molar-refractivity contribution in [2.75, 3.05) is 18.2 Å². The van der Waals surface area contributed by atoms with Gasteiger partial charge in [-0.15, -0.1) is 0 Å². The molecule has 1 amide bonds. The third-order valence-electron chi connectivity index (χ3n) is 2.63. The van der Waals surface area contributed by atoms with Crippen LogP contribution in [0.25, 0.3) is 0 Å².